The summed E-state index contributed by atoms with van der Waals surface area (Å²) < 4.78 is 11.0. The van der Waals surface area contributed by atoms with E-state index in [4.69, 9.17) is 9.47 Å². The Labute approximate surface area is 165 Å². The lowest BCUT2D eigenvalue weighted by molar-refractivity contribution is -0.114. The monoisotopic (exact) mass is 385 g/mol. The van der Waals surface area contributed by atoms with Gasteiger partial charge in [-0.15, -0.1) is 0 Å². The number of pyridine rings is 1. The van der Waals surface area contributed by atoms with E-state index < -0.39 is 0 Å². The summed E-state index contributed by atoms with van der Waals surface area (Å²) in [6, 6.07) is 9.46. The smallest absolute Gasteiger partial charge is 0.221 e. The number of nitrogens with zero attached hydrogens (tertiary/aromatic N) is 2. The van der Waals surface area contributed by atoms with E-state index in [2.05, 4.69) is 25.8 Å². The number of hydrogen-bond acceptors (Lipinski definition) is 7. The number of aromatic nitrogens is 1. The van der Waals surface area contributed by atoms with Crippen LogP contribution in [0.1, 0.15) is 6.92 Å². The van der Waals surface area contributed by atoms with Gasteiger partial charge in [-0.1, -0.05) is 0 Å². The van der Waals surface area contributed by atoms with E-state index in [1.807, 2.05) is 24.3 Å². The molecule has 150 valence electrons. The molecule has 0 atom stereocenters. The average molecular weight is 385 g/mol. The first-order valence-corrected chi connectivity index (χ1v) is 9.38. The molecule has 0 bridgehead atoms. The number of piperazine rings is 1. The van der Waals surface area contributed by atoms with Crippen LogP contribution >= 0.6 is 0 Å². The second kappa shape index (κ2) is 9.91. The predicted octanol–water partition coefficient (Wildman–Crippen LogP) is 2.08. The predicted molar refractivity (Wildman–Crippen MR) is 110 cm³/mol. The van der Waals surface area contributed by atoms with E-state index in [9.17, 15) is 4.79 Å². The molecule has 0 radical (unpaired) electrons. The average Bonchev–Trinajstić information content (AvgIpc) is 2.71. The molecule has 0 aliphatic carbocycles. The standard InChI is InChI=1S/C20H27N5O3/c1-15(26)23-19-14-22-20(27-2)13-18(19)24-16-3-5-17(6-4-16)28-12-11-25-9-7-21-8-10-25/h3-6,13-14,21H,7-12H2,1-2H3,(H,22,24)(H,23,26). The number of ether oxygens (including phenoxy) is 2. The Bertz CT molecular complexity index is 776. The van der Waals surface area contributed by atoms with Crippen LogP contribution < -0.4 is 25.4 Å². The lowest BCUT2D eigenvalue weighted by Gasteiger charge is -2.26. The topological polar surface area (TPSA) is 87.8 Å². The van der Waals surface area contributed by atoms with E-state index in [1.54, 1.807) is 19.4 Å². The summed E-state index contributed by atoms with van der Waals surface area (Å²) in [4.78, 5) is 17.9. The Hall–Kier alpha value is -2.84. The molecule has 3 N–H and O–H groups in total. The molecule has 1 aromatic carbocycles. The molecule has 8 heteroatoms. The number of methoxy groups -OCH3 is 1. The van der Waals surface area contributed by atoms with Crippen LogP contribution in [0.2, 0.25) is 0 Å². The van der Waals surface area contributed by atoms with Crippen molar-refractivity contribution >= 4 is 23.0 Å². The highest BCUT2D eigenvalue weighted by molar-refractivity contribution is 5.93. The molecule has 0 unspecified atom stereocenters. The first kappa shape index (κ1) is 19.9. The van der Waals surface area contributed by atoms with Crippen LogP contribution in [-0.2, 0) is 4.79 Å². The maximum atomic E-state index is 11.4. The zero-order valence-electron chi connectivity index (χ0n) is 16.3. The van der Waals surface area contributed by atoms with Crippen molar-refractivity contribution in [2.75, 3.05) is 57.1 Å². The Kier molecular flexibility index (Phi) is 7.05. The molecule has 0 spiro atoms. The Morgan fingerprint density at radius 1 is 1.21 bits per heavy atom. The summed E-state index contributed by atoms with van der Waals surface area (Å²) in [6.07, 6.45) is 1.57. The van der Waals surface area contributed by atoms with Crippen LogP contribution in [0.4, 0.5) is 17.1 Å². The highest BCUT2D eigenvalue weighted by Gasteiger charge is 2.10. The quantitative estimate of drug-likeness (QED) is 0.641. The minimum Gasteiger partial charge on any atom is -0.492 e. The van der Waals surface area contributed by atoms with Crippen molar-refractivity contribution in [1.29, 1.82) is 0 Å². The number of rotatable bonds is 8. The third kappa shape index (κ3) is 5.83. The fourth-order valence-electron chi connectivity index (χ4n) is 2.96. The van der Waals surface area contributed by atoms with E-state index in [1.165, 1.54) is 6.92 Å². The largest absolute Gasteiger partial charge is 0.492 e. The van der Waals surface area contributed by atoms with Crippen molar-refractivity contribution in [2.45, 2.75) is 6.92 Å². The van der Waals surface area contributed by atoms with Gasteiger partial charge in [0.15, 0.2) is 0 Å². The van der Waals surface area contributed by atoms with Crippen LogP contribution in [-0.4, -0.2) is 62.2 Å². The van der Waals surface area contributed by atoms with Gasteiger partial charge < -0.3 is 25.4 Å². The molecular formula is C20H27N5O3. The molecular weight excluding hydrogens is 358 g/mol. The van der Waals surface area contributed by atoms with Gasteiger partial charge in [0.1, 0.15) is 12.4 Å². The molecule has 0 saturated carbocycles. The second-order valence-electron chi connectivity index (χ2n) is 6.54. The third-order valence-electron chi connectivity index (χ3n) is 4.42. The van der Waals surface area contributed by atoms with E-state index in [0.717, 1.165) is 44.2 Å². The van der Waals surface area contributed by atoms with Crippen molar-refractivity contribution < 1.29 is 14.3 Å². The Balaban J connectivity index is 1.58. The number of benzene rings is 1. The highest BCUT2D eigenvalue weighted by Crippen LogP contribution is 2.29. The molecule has 1 aromatic heterocycles. The molecule has 1 aliphatic heterocycles. The zero-order valence-corrected chi connectivity index (χ0v) is 16.3. The summed E-state index contributed by atoms with van der Waals surface area (Å²) in [7, 11) is 1.55. The molecule has 8 nitrogen and oxygen atoms in total. The van der Waals surface area contributed by atoms with Gasteiger partial charge in [0.25, 0.3) is 0 Å². The normalized spacial score (nSPS) is 14.4. The van der Waals surface area contributed by atoms with E-state index in [-0.39, 0.29) is 5.91 Å². The van der Waals surface area contributed by atoms with Crippen molar-refractivity contribution in [1.82, 2.24) is 15.2 Å². The zero-order chi connectivity index (χ0) is 19.8. The number of nitrogens with one attached hydrogen (secondary N) is 3. The number of amides is 1. The van der Waals surface area contributed by atoms with Crippen LogP contribution in [0.25, 0.3) is 0 Å². The fraction of sp³-hybridized carbons (Fsp3) is 0.400. The Morgan fingerprint density at radius 2 is 1.96 bits per heavy atom. The van der Waals surface area contributed by atoms with Crippen LogP contribution in [0.15, 0.2) is 36.5 Å². The SMILES string of the molecule is COc1cc(Nc2ccc(OCCN3CCNCC3)cc2)c(NC(C)=O)cn1. The molecule has 28 heavy (non-hydrogen) atoms. The summed E-state index contributed by atoms with van der Waals surface area (Å²) in [5.41, 5.74) is 2.16. The fourth-order valence-corrected chi connectivity index (χ4v) is 2.96. The van der Waals surface area contributed by atoms with E-state index in [0.29, 0.717) is 23.9 Å². The molecule has 3 rings (SSSR count). The van der Waals surface area contributed by atoms with Crippen LogP contribution in [0.5, 0.6) is 11.6 Å². The summed E-state index contributed by atoms with van der Waals surface area (Å²) in [5, 5.41) is 9.39. The van der Waals surface area contributed by atoms with Gasteiger partial charge in [-0.3, -0.25) is 9.69 Å². The highest BCUT2D eigenvalue weighted by atomic mass is 16.5. The molecule has 2 heterocycles. The summed E-state index contributed by atoms with van der Waals surface area (Å²) in [6.45, 7) is 7.28. The number of hydrogen-bond donors (Lipinski definition) is 3. The first-order valence-electron chi connectivity index (χ1n) is 9.38. The third-order valence-corrected chi connectivity index (χ3v) is 4.42. The molecule has 1 saturated heterocycles. The van der Waals surface area contributed by atoms with Gasteiger partial charge in [-0.2, -0.15) is 0 Å². The van der Waals surface area contributed by atoms with Gasteiger partial charge in [0.05, 0.1) is 24.7 Å². The molecule has 1 amide bonds. The number of anilines is 3. The number of carbonyl (C=O) groups excluding carboxylic acids is 1. The Morgan fingerprint density at radius 3 is 2.64 bits per heavy atom. The first-order chi connectivity index (χ1) is 13.6. The summed E-state index contributed by atoms with van der Waals surface area (Å²) >= 11 is 0. The van der Waals surface area contributed by atoms with E-state index >= 15 is 0 Å². The number of carbonyl (C=O) groups is 1. The van der Waals surface area contributed by atoms with Crippen molar-refractivity contribution in [3.05, 3.63) is 36.5 Å². The maximum absolute atomic E-state index is 11.4. The van der Waals surface area contributed by atoms with Crippen molar-refractivity contribution in [2.24, 2.45) is 0 Å². The van der Waals surface area contributed by atoms with Gasteiger partial charge in [-0.05, 0) is 24.3 Å². The van der Waals surface area contributed by atoms with Gasteiger partial charge in [0, 0.05) is 51.4 Å². The molecule has 2 aromatic rings. The van der Waals surface area contributed by atoms with Gasteiger partial charge in [-0.25, -0.2) is 4.98 Å². The maximum Gasteiger partial charge on any atom is 0.221 e. The van der Waals surface area contributed by atoms with Crippen LogP contribution in [0, 0.1) is 0 Å². The van der Waals surface area contributed by atoms with Crippen molar-refractivity contribution in [3.8, 4) is 11.6 Å². The van der Waals surface area contributed by atoms with Crippen molar-refractivity contribution in [3.63, 3.8) is 0 Å². The molecule has 1 fully saturated rings. The van der Waals surface area contributed by atoms with Gasteiger partial charge >= 0.3 is 0 Å². The lowest BCUT2D eigenvalue weighted by atomic mass is 10.2. The lowest BCUT2D eigenvalue weighted by Crippen LogP contribution is -2.44. The minimum atomic E-state index is -0.164. The molecule has 1 aliphatic rings. The van der Waals surface area contributed by atoms with Crippen LogP contribution in [0.3, 0.4) is 0 Å². The summed E-state index contributed by atoms with van der Waals surface area (Å²) in [5.74, 6) is 1.13. The van der Waals surface area contributed by atoms with Gasteiger partial charge in [0.2, 0.25) is 11.8 Å². The minimum absolute atomic E-state index is 0.164. The second-order valence-corrected chi connectivity index (χ2v) is 6.54.